The molecule has 2 aromatic carbocycles. The zero-order chi connectivity index (χ0) is 27.0. The van der Waals surface area contributed by atoms with Gasteiger partial charge in [0.2, 0.25) is 5.89 Å². The number of imide groups is 1. The minimum absolute atomic E-state index is 0.0291. The van der Waals surface area contributed by atoms with Crippen LogP contribution in [0.25, 0.3) is 0 Å². The van der Waals surface area contributed by atoms with E-state index in [2.05, 4.69) is 28.0 Å². The molecule has 1 aromatic heterocycles. The van der Waals surface area contributed by atoms with Crippen LogP contribution in [0.15, 0.2) is 53.1 Å². The van der Waals surface area contributed by atoms with Gasteiger partial charge in [0.25, 0.3) is 5.91 Å². The average molecular weight is 522 g/mol. The number of aryl methyl sites for hydroxylation is 1. The van der Waals surface area contributed by atoms with Gasteiger partial charge in [0.1, 0.15) is 17.1 Å². The molecule has 2 aliphatic heterocycles. The smallest absolute Gasteiger partial charge is 0.332 e. The molecule has 2 saturated heterocycles. The van der Waals surface area contributed by atoms with Crippen LogP contribution in [0.2, 0.25) is 0 Å². The third-order valence-electron chi connectivity index (χ3n) is 7.15. The number of ether oxygens (including phenoxy) is 1. The molecule has 2 aliphatic rings. The number of nitrogens with zero attached hydrogens (tertiary/aromatic N) is 5. The highest BCUT2D eigenvalue weighted by molar-refractivity contribution is 6.16. The topological polar surface area (TPSA) is 92.0 Å². The summed E-state index contributed by atoms with van der Waals surface area (Å²) in [6.45, 7) is 8.84. The van der Waals surface area contributed by atoms with E-state index in [1.807, 2.05) is 32.0 Å². The summed E-state index contributed by atoms with van der Waals surface area (Å²) < 4.78 is 25.1. The molecule has 0 aliphatic carbocycles. The quantitative estimate of drug-likeness (QED) is 0.416. The first-order valence-corrected chi connectivity index (χ1v) is 12.9. The van der Waals surface area contributed by atoms with Crippen molar-refractivity contribution in [3.8, 4) is 5.75 Å². The van der Waals surface area contributed by atoms with Crippen molar-refractivity contribution in [3.63, 3.8) is 0 Å². The molecule has 0 saturated carbocycles. The van der Waals surface area contributed by atoms with Crippen LogP contribution in [-0.4, -0.2) is 56.1 Å². The summed E-state index contributed by atoms with van der Waals surface area (Å²) in [5, 5.41) is 3.86. The molecule has 1 spiro atoms. The summed E-state index contributed by atoms with van der Waals surface area (Å²) in [4.78, 5) is 36.8. The third kappa shape index (κ3) is 4.88. The van der Waals surface area contributed by atoms with E-state index in [4.69, 9.17) is 9.26 Å². The molecule has 38 heavy (non-hydrogen) atoms. The Hall–Kier alpha value is -3.79. The van der Waals surface area contributed by atoms with E-state index in [-0.39, 0.29) is 30.4 Å². The van der Waals surface area contributed by atoms with E-state index in [1.54, 1.807) is 19.1 Å². The van der Waals surface area contributed by atoms with Gasteiger partial charge >= 0.3 is 6.03 Å². The van der Waals surface area contributed by atoms with Crippen LogP contribution < -0.4 is 9.64 Å². The van der Waals surface area contributed by atoms with Crippen LogP contribution in [-0.2, 0) is 17.9 Å². The number of benzene rings is 2. The maximum Gasteiger partial charge on any atom is 0.332 e. The Bertz CT molecular complexity index is 1340. The van der Waals surface area contributed by atoms with Crippen molar-refractivity contribution < 1.29 is 23.2 Å². The number of hydrogen-bond acceptors (Lipinski definition) is 7. The molecular formula is C28H32FN5O4. The second-order valence-corrected chi connectivity index (χ2v) is 10.3. The number of aromatic nitrogens is 2. The Morgan fingerprint density at radius 3 is 2.63 bits per heavy atom. The lowest BCUT2D eigenvalue weighted by molar-refractivity contribution is -0.133. The van der Waals surface area contributed by atoms with E-state index < -0.39 is 17.4 Å². The molecule has 10 heteroatoms. The van der Waals surface area contributed by atoms with Gasteiger partial charge in [-0.1, -0.05) is 23.4 Å². The van der Waals surface area contributed by atoms with Crippen molar-refractivity contribution in [3.05, 3.63) is 71.6 Å². The fraction of sp³-hybridized carbons (Fsp3) is 0.429. The van der Waals surface area contributed by atoms with Crippen LogP contribution in [0.5, 0.6) is 5.75 Å². The normalized spacial score (nSPS) is 22.2. The van der Waals surface area contributed by atoms with Crippen molar-refractivity contribution in [2.24, 2.45) is 0 Å². The largest absolute Gasteiger partial charge is 0.491 e. The Labute approximate surface area is 221 Å². The number of hydrogen-bond donors (Lipinski definition) is 0. The fourth-order valence-corrected chi connectivity index (χ4v) is 5.52. The molecular weight excluding hydrogens is 489 g/mol. The Kier molecular flexibility index (Phi) is 6.92. The number of carbonyl (C=O) groups is 2. The lowest BCUT2D eigenvalue weighted by Crippen LogP contribution is -2.59. The molecule has 0 radical (unpaired) electrons. The zero-order valence-corrected chi connectivity index (χ0v) is 22.1. The number of rotatable bonds is 7. The van der Waals surface area contributed by atoms with Crippen LogP contribution in [0.1, 0.15) is 50.9 Å². The molecule has 3 heterocycles. The van der Waals surface area contributed by atoms with E-state index in [9.17, 15) is 14.0 Å². The van der Waals surface area contributed by atoms with Crippen molar-refractivity contribution in [2.45, 2.75) is 71.3 Å². The SMILES string of the molecule is Cc1nc(CN2C(=O)N(c3cccc(F)c3)[C@@]3(CCN(Cc4cccc(OC(C)C)c4)[C@@H](C)C3)C2=O)no1. The maximum absolute atomic E-state index is 14.3. The lowest BCUT2D eigenvalue weighted by atomic mass is 9.81. The molecule has 9 nitrogen and oxygen atoms in total. The first-order chi connectivity index (χ1) is 18.2. The first-order valence-electron chi connectivity index (χ1n) is 12.9. The van der Waals surface area contributed by atoms with E-state index in [1.165, 1.54) is 17.0 Å². The summed E-state index contributed by atoms with van der Waals surface area (Å²) >= 11 is 0. The van der Waals surface area contributed by atoms with Crippen molar-refractivity contribution >= 4 is 17.6 Å². The van der Waals surface area contributed by atoms with Crippen LogP contribution in [0.4, 0.5) is 14.9 Å². The molecule has 0 unspecified atom stereocenters. The predicted molar refractivity (Wildman–Crippen MR) is 138 cm³/mol. The van der Waals surface area contributed by atoms with Gasteiger partial charge in [-0.3, -0.25) is 19.5 Å². The number of urea groups is 1. The molecule has 5 rings (SSSR count). The van der Waals surface area contributed by atoms with Gasteiger partial charge in [0, 0.05) is 31.7 Å². The number of anilines is 1. The predicted octanol–water partition coefficient (Wildman–Crippen LogP) is 4.70. The molecule has 3 amide bonds. The highest BCUT2D eigenvalue weighted by Crippen LogP contribution is 2.43. The monoisotopic (exact) mass is 521 g/mol. The standard InChI is InChI=1S/C28H32FN5O4/c1-18(2)37-24-10-5-7-21(13-24)16-32-12-11-28(15-19(32)3)26(35)33(17-25-30-20(4)38-31-25)27(36)34(28)23-9-6-8-22(29)14-23/h5-10,13-14,18-19H,11-12,15-17H2,1-4H3/t19-,28+/m0/s1. The third-order valence-corrected chi connectivity index (χ3v) is 7.15. The van der Waals surface area contributed by atoms with E-state index in [0.717, 1.165) is 16.2 Å². The summed E-state index contributed by atoms with van der Waals surface area (Å²) in [6.07, 6.45) is 0.888. The molecule has 0 bridgehead atoms. The van der Waals surface area contributed by atoms with Gasteiger partial charge in [-0.05, 0) is 69.5 Å². The zero-order valence-electron chi connectivity index (χ0n) is 22.1. The van der Waals surface area contributed by atoms with Crippen LogP contribution in [0, 0.1) is 12.7 Å². The minimum Gasteiger partial charge on any atom is -0.491 e. The number of halogens is 1. The minimum atomic E-state index is -1.14. The van der Waals surface area contributed by atoms with Crippen molar-refractivity contribution in [1.29, 1.82) is 0 Å². The summed E-state index contributed by atoms with van der Waals surface area (Å²) in [5.74, 6) is 0.613. The second kappa shape index (κ2) is 10.2. The summed E-state index contributed by atoms with van der Waals surface area (Å²) in [5.41, 5.74) is 0.326. The Morgan fingerprint density at radius 2 is 1.95 bits per heavy atom. The van der Waals surface area contributed by atoms with Crippen molar-refractivity contribution in [1.82, 2.24) is 19.9 Å². The first kappa shape index (κ1) is 25.8. The number of likely N-dealkylation sites (tertiary alicyclic amines) is 1. The van der Waals surface area contributed by atoms with Gasteiger partial charge < -0.3 is 9.26 Å². The van der Waals surface area contributed by atoms with Crippen LogP contribution >= 0.6 is 0 Å². The summed E-state index contributed by atoms with van der Waals surface area (Å²) in [7, 11) is 0. The highest BCUT2D eigenvalue weighted by atomic mass is 19.1. The van der Waals surface area contributed by atoms with E-state index in [0.29, 0.717) is 37.5 Å². The Balaban J connectivity index is 1.42. The van der Waals surface area contributed by atoms with E-state index >= 15 is 0 Å². The highest BCUT2D eigenvalue weighted by Gasteiger charge is 2.60. The lowest BCUT2D eigenvalue weighted by Gasteiger charge is -2.45. The van der Waals surface area contributed by atoms with Crippen LogP contribution in [0.3, 0.4) is 0 Å². The maximum atomic E-state index is 14.3. The van der Waals surface area contributed by atoms with Gasteiger partial charge in [-0.25, -0.2) is 9.18 Å². The number of carbonyl (C=O) groups excluding carboxylic acids is 2. The average Bonchev–Trinajstić information content (AvgIpc) is 3.35. The number of piperidine rings is 1. The molecule has 200 valence electrons. The molecule has 0 N–H and O–H groups in total. The number of amides is 3. The van der Waals surface area contributed by atoms with Gasteiger partial charge in [-0.15, -0.1) is 0 Å². The van der Waals surface area contributed by atoms with Gasteiger partial charge in [0.05, 0.1) is 12.6 Å². The molecule has 3 aromatic rings. The summed E-state index contributed by atoms with van der Waals surface area (Å²) in [6, 6.07) is 13.3. The van der Waals surface area contributed by atoms with Gasteiger partial charge in [0.15, 0.2) is 5.82 Å². The Morgan fingerprint density at radius 1 is 1.16 bits per heavy atom. The second-order valence-electron chi connectivity index (χ2n) is 10.3. The van der Waals surface area contributed by atoms with Gasteiger partial charge in [-0.2, -0.15) is 4.98 Å². The molecule has 2 fully saturated rings. The molecule has 2 atom stereocenters. The van der Waals surface area contributed by atoms with Crippen molar-refractivity contribution in [2.75, 3.05) is 11.4 Å². The fourth-order valence-electron chi connectivity index (χ4n) is 5.52.